The summed E-state index contributed by atoms with van der Waals surface area (Å²) >= 11 is 6.00. The van der Waals surface area contributed by atoms with Crippen LogP contribution < -0.4 is 0 Å². The molecule has 0 N–H and O–H groups in total. The normalized spacial score (nSPS) is 39.3. The summed E-state index contributed by atoms with van der Waals surface area (Å²) in [5, 5.41) is 0.332. The van der Waals surface area contributed by atoms with E-state index in [1.54, 1.807) is 18.2 Å². The number of hydrogen-bond donors (Lipinski definition) is 0. The Bertz CT molecular complexity index is 1100. The van der Waals surface area contributed by atoms with Gasteiger partial charge in [0.1, 0.15) is 5.60 Å². The van der Waals surface area contributed by atoms with Gasteiger partial charge in [0.15, 0.2) is 0 Å². The van der Waals surface area contributed by atoms with E-state index in [2.05, 4.69) is 0 Å². The minimum atomic E-state index is -3.40. The number of benzene rings is 2. The molecule has 2 atom stereocenters. The van der Waals surface area contributed by atoms with Gasteiger partial charge >= 0.3 is 0 Å². The third-order valence-electron chi connectivity index (χ3n) is 3.73. The van der Waals surface area contributed by atoms with E-state index in [9.17, 15) is 0 Å². The molecule has 0 bridgehead atoms. The predicted octanol–water partition coefficient (Wildman–Crippen LogP) is 5.10. The summed E-state index contributed by atoms with van der Waals surface area (Å²) in [6, 6.07) is 10.7. The SMILES string of the molecule is [2H]C([2H])([2H])N1C([2H])([2H])C([2H])([2H])C([2H])([2H])[C@@]1([2H])CCO[C@](c1ccccc1)(c1ccc(Cl)cc1)C([2H])([2H])[2H]. The van der Waals surface area contributed by atoms with E-state index in [0.717, 1.165) is 0 Å². The summed E-state index contributed by atoms with van der Waals surface area (Å²) in [5.41, 5.74) is -1.79. The molecule has 0 radical (unpaired) electrons. The Hall–Kier alpha value is -1.35. The third kappa shape index (κ3) is 3.83. The van der Waals surface area contributed by atoms with Gasteiger partial charge in [0, 0.05) is 35.5 Å². The topological polar surface area (TPSA) is 12.5 Å². The molecule has 0 spiro atoms. The molecule has 3 heteroatoms. The lowest BCUT2D eigenvalue weighted by Crippen LogP contribution is -2.31. The Morgan fingerprint density at radius 1 is 1.25 bits per heavy atom. The zero-order valence-electron chi connectivity index (χ0n) is 25.8. The number of rotatable bonds is 6. The van der Waals surface area contributed by atoms with E-state index in [1.165, 1.54) is 36.4 Å². The van der Waals surface area contributed by atoms with E-state index in [0.29, 0.717) is 5.02 Å². The Morgan fingerprint density at radius 2 is 2.00 bits per heavy atom. The molecule has 0 unspecified atom stereocenters. The van der Waals surface area contributed by atoms with Gasteiger partial charge in [-0.2, -0.15) is 0 Å². The smallest absolute Gasteiger partial charge is 0.115 e. The fourth-order valence-electron chi connectivity index (χ4n) is 2.45. The second kappa shape index (κ2) is 7.69. The van der Waals surface area contributed by atoms with Gasteiger partial charge in [-0.05, 0) is 62.8 Å². The van der Waals surface area contributed by atoms with E-state index in [-0.39, 0.29) is 16.0 Å². The molecule has 0 aromatic heterocycles. The second-order valence-corrected chi connectivity index (χ2v) is 5.73. The van der Waals surface area contributed by atoms with Crippen LogP contribution in [0.5, 0.6) is 0 Å². The molecule has 2 aromatic rings. The van der Waals surface area contributed by atoms with Crippen LogP contribution in [0.1, 0.15) is 55.0 Å². The molecule has 3 rings (SSSR count). The van der Waals surface area contributed by atoms with Crippen LogP contribution >= 0.6 is 11.6 Å². The Morgan fingerprint density at radius 3 is 2.71 bits per heavy atom. The molecule has 0 saturated carbocycles. The van der Waals surface area contributed by atoms with Gasteiger partial charge in [-0.1, -0.05) is 54.1 Å². The number of hydrogen-bond acceptors (Lipinski definition) is 2. The largest absolute Gasteiger partial charge is 0.366 e. The van der Waals surface area contributed by atoms with Crippen LogP contribution in [0.25, 0.3) is 0 Å². The van der Waals surface area contributed by atoms with E-state index in [4.69, 9.17) is 34.2 Å². The number of likely N-dealkylation sites (tertiary alicyclic amines) is 1. The first-order valence-electron chi connectivity index (χ1n) is 13.9. The highest BCUT2D eigenvalue weighted by atomic mass is 35.5. The van der Waals surface area contributed by atoms with Crippen molar-refractivity contribution in [1.82, 2.24) is 4.90 Å². The molecule has 0 aliphatic carbocycles. The van der Waals surface area contributed by atoms with Gasteiger partial charge in [-0.25, -0.2) is 0 Å². The van der Waals surface area contributed by atoms with Crippen molar-refractivity contribution in [3.8, 4) is 0 Å². The number of ether oxygens (including phenoxy) is 1. The highest BCUT2D eigenvalue weighted by Gasteiger charge is 2.30. The van der Waals surface area contributed by atoms with E-state index in [1.807, 2.05) is 0 Å². The van der Waals surface area contributed by atoms with Gasteiger partial charge in [0.05, 0.1) is 0 Å². The molecule has 2 nitrogen and oxygen atoms in total. The lowest BCUT2D eigenvalue weighted by Gasteiger charge is -2.32. The summed E-state index contributed by atoms with van der Waals surface area (Å²) in [6.07, 6.45) is -7.58. The standard InChI is InChI=1S/C21H26ClNO/c1-21(17-7-4-3-5-8-17,18-10-12-19(22)13-11-18)24-16-14-20-9-6-15-23(20)2/h3-5,7-8,10-13,20H,6,9,14-16H2,1-2H3/t20-,21+/m0/s1/i1D3,2D3,6D2,9D2,15D2,20D. The van der Waals surface area contributed by atoms with Crippen molar-refractivity contribution < 1.29 is 22.6 Å². The number of halogens is 1. The summed E-state index contributed by atoms with van der Waals surface area (Å²) in [4.78, 5) is -0.0990. The fourth-order valence-corrected chi connectivity index (χ4v) is 2.57. The molecule has 1 heterocycles. The molecular weight excluding hydrogens is 318 g/mol. The molecule has 1 fully saturated rings. The molecule has 128 valence electrons. The van der Waals surface area contributed by atoms with Crippen LogP contribution in [0.4, 0.5) is 0 Å². The summed E-state index contributed by atoms with van der Waals surface area (Å²) in [5.74, 6) is 0. The predicted molar refractivity (Wildman–Crippen MR) is 101 cm³/mol. The first kappa shape index (κ1) is 7.49. The molecule has 1 aliphatic rings. The van der Waals surface area contributed by atoms with Gasteiger partial charge in [-0.3, -0.25) is 0 Å². The van der Waals surface area contributed by atoms with Crippen LogP contribution in [0.3, 0.4) is 0 Å². The summed E-state index contributed by atoms with van der Waals surface area (Å²) in [7, 11) is 0. The maximum atomic E-state index is 8.78. The van der Waals surface area contributed by atoms with E-state index < -0.39 is 57.7 Å². The van der Waals surface area contributed by atoms with Crippen LogP contribution in [-0.2, 0) is 10.3 Å². The van der Waals surface area contributed by atoms with Crippen molar-refractivity contribution in [2.24, 2.45) is 0 Å². The molecule has 2 aromatic carbocycles. The molecule has 1 saturated heterocycles. The van der Waals surface area contributed by atoms with Crippen molar-refractivity contribution in [3.63, 3.8) is 0 Å². The van der Waals surface area contributed by atoms with Crippen molar-refractivity contribution in [1.29, 1.82) is 0 Å². The second-order valence-electron chi connectivity index (χ2n) is 5.30. The van der Waals surface area contributed by atoms with Crippen LogP contribution in [0.15, 0.2) is 54.6 Å². The lowest BCUT2D eigenvalue weighted by molar-refractivity contribution is -0.0117. The highest BCUT2D eigenvalue weighted by molar-refractivity contribution is 6.30. The average Bonchev–Trinajstić information content (AvgIpc) is 2.83. The zero-order valence-corrected chi connectivity index (χ0v) is 13.6. The summed E-state index contributed by atoms with van der Waals surface area (Å²) < 4.78 is 112. The van der Waals surface area contributed by atoms with Crippen molar-refractivity contribution in [2.75, 3.05) is 20.1 Å². The van der Waals surface area contributed by atoms with Gasteiger partial charge in [0.25, 0.3) is 0 Å². The number of nitrogens with zero attached hydrogens (tertiary/aromatic N) is 1. The minimum absolute atomic E-state index is 0.0990. The average molecular weight is 357 g/mol. The molecule has 1 aliphatic heterocycles. The van der Waals surface area contributed by atoms with Gasteiger partial charge in [-0.15, -0.1) is 0 Å². The third-order valence-corrected chi connectivity index (χ3v) is 3.98. The maximum Gasteiger partial charge on any atom is 0.115 e. The quantitative estimate of drug-likeness (QED) is 0.713. The van der Waals surface area contributed by atoms with Gasteiger partial charge < -0.3 is 9.64 Å². The lowest BCUT2D eigenvalue weighted by atomic mass is 9.88. The van der Waals surface area contributed by atoms with Crippen molar-refractivity contribution >= 4 is 11.6 Å². The molecular formula is C21H26ClNO. The first-order chi connectivity index (χ1) is 16.7. The minimum Gasteiger partial charge on any atom is -0.366 e. The highest BCUT2D eigenvalue weighted by Crippen LogP contribution is 2.34. The first-order valence-corrected chi connectivity index (χ1v) is 7.82. The Balaban J connectivity index is 2.12. The van der Waals surface area contributed by atoms with Crippen molar-refractivity contribution in [2.45, 2.75) is 37.6 Å². The monoisotopic (exact) mass is 356 g/mol. The maximum absolute atomic E-state index is 8.78. The Kier molecular flexibility index (Phi) is 2.40. The fraction of sp³-hybridized carbons (Fsp3) is 0.429. The van der Waals surface area contributed by atoms with Crippen LogP contribution in [0.2, 0.25) is 5.02 Å². The van der Waals surface area contributed by atoms with E-state index >= 15 is 0 Å². The summed E-state index contributed by atoms with van der Waals surface area (Å²) in [6.45, 7) is -10.4. The van der Waals surface area contributed by atoms with Crippen LogP contribution in [-0.4, -0.2) is 31.0 Å². The van der Waals surface area contributed by atoms with Gasteiger partial charge in [0.2, 0.25) is 0 Å². The molecule has 0 amide bonds. The van der Waals surface area contributed by atoms with Crippen LogP contribution in [0, 0.1) is 0 Å². The molecule has 24 heavy (non-hydrogen) atoms. The Labute approximate surface area is 168 Å². The van der Waals surface area contributed by atoms with Crippen molar-refractivity contribution in [3.05, 3.63) is 70.7 Å². The zero-order chi connectivity index (χ0) is 28.3.